The summed E-state index contributed by atoms with van der Waals surface area (Å²) in [6.45, 7) is 1.30. The molecule has 6 nitrogen and oxygen atoms in total. The fourth-order valence-corrected chi connectivity index (χ4v) is 1.83. The van der Waals surface area contributed by atoms with Gasteiger partial charge >= 0.3 is 0 Å². The number of amides is 1. The van der Waals surface area contributed by atoms with Crippen LogP contribution in [0.15, 0.2) is 42.6 Å². The Morgan fingerprint density at radius 1 is 1.18 bits per heavy atom. The molecule has 2 aromatic rings. The number of nitrogens with one attached hydrogen (secondary N) is 2. The van der Waals surface area contributed by atoms with Crippen molar-refractivity contribution in [3.05, 3.63) is 48.3 Å². The first-order valence-electron chi connectivity index (χ1n) is 6.87. The quantitative estimate of drug-likeness (QED) is 0.768. The van der Waals surface area contributed by atoms with Gasteiger partial charge in [0.2, 0.25) is 0 Å². The van der Waals surface area contributed by atoms with Crippen LogP contribution in [0.2, 0.25) is 0 Å². The third-order valence-electron chi connectivity index (χ3n) is 2.96. The van der Waals surface area contributed by atoms with E-state index in [1.807, 2.05) is 18.2 Å². The molecule has 2 N–H and O–H groups in total. The van der Waals surface area contributed by atoms with Crippen LogP contribution in [-0.4, -0.2) is 38.3 Å². The van der Waals surface area contributed by atoms with E-state index in [1.54, 1.807) is 38.6 Å². The average Bonchev–Trinajstić information content (AvgIpc) is 2.56. The van der Waals surface area contributed by atoms with Crippen LogP contribution < -0.4 is 15.4 Å². The third kappa shape index (κ3) is 4.46. The molecule has 6 heteroatoms. The van der Waals surface area contributed by atoms with Crippen molar-refractivity contribution in [3.8, 4) is 5.75 Å². The fourth-order valence-electron chi connectivity index (χ4n) is 1.83. The molecule has 1 amide bonds. The summed E-state index contributed by atoms with van der Waals surface area (Å²) in [6, 6.07) is 10.6. The Hall–Kier alpha value is -2.60. The second-order valence-electron chi connectivity index (χ2n) is 4.54. The van der Waals surface area contributed by atoms with Crippen molar-refractivity contribution >= 4 is 17.3 Å². The van der Waals surface area contributed by atoms with Crippen molar-refractivity contribution in [1.29, 1.82) is 0 Å². The molecule has 0 fully saturated rings. The van der Waals surface area contributed by atoms with Gasteiger partial charge < -0.3 is 20.1 Å². The largest absolute Gasteiger partial charge is 0.497 e. The summed E-state index contributed by atoms with van der Waals surface area (Å²) in [5.41, 5.74) is 1.85. The predicted octanol–water partition coefficient (Wildman–Crippen LogP) is 2.40. The molecule has 0 aliphatic rings. The van der Waals surface area contributed by atoms with Crippen LogP contribution in [0.3, 0.4) is 0 Å². The standard InChI is InChI=1S/C16H19N3O3/c1-21-9-8-17-13-6-7-15(18-11-13)16(20)19-12-4-3-5-14(10-12)22-2/h3-7,10-11,17H,8-9H2,1-2H3,(H,19,20). The molecule has 2 rings (SSSR count). The van der Waals surface area contributed by atoms with Gasteiger partial charge in [-0.1, -0.05) is 6.07 Å². The molecule has 0 atom stereocenters. The number of benzene rings is 1. The second-order valence-corrected chi connectivity index (χ2v) is 4.54. The fraction of sp³-hybridized carbons (Fsp3) is 0.250. The van der Waals surface area contributed by atoms with Crippen LogP contribution in [0.1, 0.15) is 10.5 Å². The minimum atomic E-state index is -0.267. The maximum atomic E-state index is 12.1. The number of rotatable bonds is 7. The van der Waals surface area contributed by atoms with Crippen molar-refractivity contribution in [3.63, 3.8) is 0 Å². The molecule has 0 unspecified atom stereocenters. The molecule has 0 radical (unpaired) electrons. The monoisotopic (exact) mass is 301 g/mol. The highest BCUT2D eigenvalue weighted by atomic mass is 16.5. The molecule has 0 saturated heterocycles. The summed E-state index contributed by atoms with van der Waals surface area (Å²) < 4.78 is 10.1. The van der Waals surface area contributed by atoms with Gasteiger partial charge in [0, 0.05) is 25.4 Å². The predicted molar refractivity (Wildman–Crippen MR) is 85.5 cm³/mol. The van der Waals surface area contributed by atoms with Gasteiger partial charge in [0.1, 0.15) is 11.4 Å². The van der Waals surface area contributed by atoms with Crippen LogP contribution in [0.5, 0.6) is 5.75 Å². The van der Waals surface area contributed by atoms with Crippen LogP contribution in [-0.2, 0) is 4.74 Å². The van der Waals surface area contributed by atoms with Crippen molar-refractivity contribution in [2.24, 2.45) is 0 Å². The number of methoxy groups -OCH3 is 2. The Morgan fingerprint density at radius 2 is 2.05 bits per heavy atom. The van der Waals surface area contributed by atoms with Crippen molar-refractivity contribution < 1.29 is 14.3 Å². The molecule has 0 bridgehead atoms. The average molecular weight is 301 g/mol. The van der Waals surface area contributed by atoms with E-state index in [1.165, 1.54) is 0 Å². The SMILES string of the molecule is COCCNc1ccc(C(=O)Nc2cccc(OC)c2)nc1. The number of ether oxygens (including phenoxy) is 2. The minimum absolute atomic E-state index is 0.267. The number of hydrogen-bond acceptors (Lipinski definition) is 5. The lowest BCUT2D eigenvalue weighted by Gasteiger charge is -2.08. The summed E-state index contributed by atoms with van der Waals surface area (Å²) >= 11 is 0. The number of carbonyl (C=O) groups is 1. The normalized spacial score (nSPS) is 10.1. The Kier molecular flexibility index (Phi) is 5.73. The molecule has 1 heterocycles. The van der Waals surface area contributed by atoms with Crippen LogP contribution in [0.4, 0.5) is 11.4 Å². The van der Waals surface area contributed by atoms with Crippen LogP contribution in [0, 0.1) is 0 Å². The van der Waals surface area contributed by atoms with Gasteiger partial charge in [-0.25, -0.2) is 4.98 Å². The van der Waals surface area contributed by atoms with E-state index in [-0.39, 0.29) is 5.91 Å². The summed E-state index contributed by atoms with van der Waals surface area (Å²) in [7, 11) is 3.23. The van der Waals surface area contributed by atoms with Crippen molar-refractivity contribution in [2.75, 3.05) is 38.0 Å². The first-order chi connectivity index (χ1) is 10.7. The summed E-state index contributed by atoms with van der Waals surface area (Å²) in [6.07, 6.45) is 1.62. The zero-order valence-electron chi connectivity index (χ0n) is 12.6. The van der Waals surface area contributed by atoms with Gasteiger partial charge in [-0.05, 0) is 24.3 Å². The topological polar surface area (TPSA) is 72.5 Å². The molecule has 1 aromatic carbocycles. The van der Waals surface area contributed by atoms with E-state index in [4.69, 9.17) is 9.47 Å². The number of hydrogen-bond donors (Lipinski definition) is 2. The number of nitrogens with zero attached hydrogens (tertiary/aromatic N) is 1. The van der Waals surface area contributed by atoms with Crippen LogP contribution in [0.25, 0.3) is 0 Å². The Labute approximate surface area is 129 Å². The van der Waals surface area contributed by atoms with Crippen LogP contribution >= 0.6 is 0 Å². The first kappa shape index (κ1) is 15.8. The molecule has 0 saturated carbocycles. The zero-order chi connectivity index (χ0) is 15.8. The third-order valence-corrected chi connectivity index (χ3v) is 2.96. The van der Waals surface area contributed by atoms with Crippen molar-refractivity contribution in [1.82, 2.24) is 4.98 Å². The highest BCUT2D eigenvalue weighted by Gasteiger charge is 2.08. The number of aromatic nitrogens is 1. The van der Waals surface area contributed by atoms with E-state index in [2.05, 4.69) is 15.6 Å². The van der Waals surface area contributed by atoms with E-state index >= 15 is 0 Å². The van der Waals surface area contributed by atoms with Gasteiger partial charge in [-0.15, -0.1) is 0 Å². The highest BCUT2D eigenvalue weighted by Crippen LogP contribution is 2.17. The van der Waals surface area contributed by atoms with Gasteiger partial charge in [0.15, 0.2) is 0 Å². The maximum Gasteiger partial charge on any atom is 0.274 e. The molecule has 0 spiro atoms. The van der Waals surface area contributed by atoms with E-state index in [0.29, 0.717) is 30.3 Å². The lowest BCUT2D eigenvalue weighted by molar-refractivity contribution is 0.102. The second kappa shape index (κ2) is 7.99. The van der Waals surface area contributed by atoms with E-state index in [0.717, 1.165) is 5.69 Å². The van der Waals surface area contributed by atoms with Gasteiger partial charge in [0.05, 0.1) is 25.6 Å². The summed E-state index contributed by atoms with van der Waals surface area (Å²) in [5.74, 6) is 0.417. The lowest BCUT2D eigenvalue weighted by Crippen LogP contribution is -2.14. The van der Waals surface area contributed by atoms with Gasteiger partial charge in [0.25, 0.3) is 5.91 Å². The number of pyridine rings is 1. The van der Waals surface area contributed by atoms with Gasteiger partial charge in [-0.3, -0.25) is 4.79 Å². The minimum Gasteiger partial charge on any atom is -0.497 e. The van der Waals surface area contributed by atoms with E-state index < -0.39 is 0 Å². The Morgan fingerprint density at radius 3 is 2.73 bits per heavy atom. The lowest BCUT2D eigenvalue weighted by atomic mass is 10.2. The molecule has 22 heavy (non-hydrogen) atoms. The Balaban J connectivity index is 1.97. The smallest absolute Gasteiger partial charge is 0.274 e. The molecular formula is C16H19N3O3. The Bertz CT molecular complexity index is 614. The first-order valence-corrected chi connectivity index (χ1v) is 6.87. The number of anilines is 2. The number of carbonyl (C=O) groups excluding carboxylic acids is 1. The zero-order valence-corrected chi connectivity index (χ0v) is 12.6. The van der Waals surface area contributed by atoms with E-state index in [9.17, 15) is 4.79 Å². The van der Waals surface area contributed by atoms with Gasteiger partial charge in [-0.2, -0.15) is 0 Å². The molecule has 0 aliphatic heterocycles. The van der Waals surface area contributed by atoms with Crippen molar-refractivity contribution in [2.45, 2.75) is 0 Å². The molecule has 1 aromatic heterocycles. The maximum absolute atomic E-state index is 12.1. The highest BCUT2D eigenvalue weighted by molar-refractivity contribution is 6.03. The molecular weight excluding hydrogens is 282 g/mol. The molecule has 0 aliphatic carbocycles. The molecule has 116 valence electrons. The summed E-state index contributed by atoms with van der Waals surface area (Å²) in [5, 5.41) is 5.92. The summed E-state index contributed by atoms with van der Waals surface area (Å²) in [4.78, 5) is 16.3.